The van der Waals surface area contributed by atoms with Gasteiger partial charge in [0, 0.05) is 19.8 Å². The zero-order valence-electron chi connectivity index (χ0n) is 7.31. The van der Waals surface area contributed by atoms with Crippen LogP contribution in [0, 0.1) is 0 Å². The van der Waals surface area contributed by atoms with Crippen LogP contribution < -0.4 is 5.32 Å². The van der Waals surface area contributed by atoms with Gasteiger partial charge in [-0.1, -0.05) is 0 Å². The summed E-state index contributed by atoms with van der Waals surface area (Å²) in [5.74, 6) is -0.863. The molecule has 1 heterocycles. The fourth-order valence-corrected chi connectivity index (χ4v) is 1.06. The molecule has 0 bridgehead atoms. The molecule has 0 aliphatic heterocycles. The zero-order chi connectivity index (χ0) is 10.1. The fourth-order valence-electron chi connectivity index (χ4n) is 1.06. The Kier molecular flexibility index (Phi) is 2.60. The summed E-state index contributed by atoms with van der Waals surface area (Å²) in [6.07, 6.45) is -3.01. The van der Waals surface area contributed by atoms with Crippen molar-refractivity contribution in [3.05, 3.63) is 17.7 Å². The molecule has 0 spiro atoms. The van der Waals surface area contributed by atoms with Crippen molar-refractivity contribution in [2.24, 2.45) is 7.05 Å². The van der Waals surface area contributed by atoms with Gasteiger partial charge < -0.3 is 9.88 Å². The molecular formula is C7H10F3N3. The second-order valence-corrected chi connectivity index (χ2v) is 2.69. The maximum Gasteiger partial charge on any atom is 0.449 e. The first-order valence-corrected chi connectivity index (χ1v) is 3.69. The Labute approximate surface area is 73.6 Å². The molecule has 0 aliphatic rings. The van der Waals surface area contributed by atoms with Crippen molar-refractivity contribution in [2.45, 2.75) is 12.7 Å². The summed E-state index contributed by atoms with van der Waals surface area (Å²) >= 11 is 0. The minimum absolute atomic E-state index is 0.337. The molecule has 0 amide bonds. The van der Waals surface area contributed by atoms with Crippen molar-refractivity contribution >= 4 is 0 Å². The molecule has 0 atom stereocenters. The van der Waals surface area contributed by atoms with Gasteiger partial charge in [0.15, 0.2) is 0 Å². The van der Waals surface area contributed by atoms with Crippen LogP contribution in [0.4, 0.5) is 13.2 Å². The van der Waals surface area contributed by atoms with Gasteiger partial charge in [-0.3, -0.25) is 0 Å². The number of hydrogen-bond donors (Lipinski definition) is 1. The summed E-state index contributed by atoms with van der Waals surface area (Å²) in [5, 5.41) is 2.73. The molecule has 3 nitrogen and oxygen atoms in total. The maximum absolute atomic E-state index is 12.2. The van der Waals surface area contributed by atoms with Crippen LogP contribution in [0.2, 0.25) is 0 Å². The Morgan fingerprint density at radius 2 is 2.15 bits per heavy atom. The van der Waals surface area contributed by atoms with Gasteiger partial charge in [0.1, 0.15) is 0 Å². The summed E-state index contributed by atoms with van der Waals surface area (Å²) < 4.78 is 37.6. The van der Waals surface area contributed by atoms with Gasteiger partial charge in [-0.2, -0.15) is 13.2 Å². The number of nitrogens with one attached hydrogen (secondary N) is 1. The van der Waals surface area contributed by atoms with E-state index in [1.54, 1.807) is 7.05 Å². The predicted octanol–water partition coefficient (Wildman–Crippen LogP) is 1.16. The van der Waals surface area contributed by atoms with E-state index >= 15 is 0 Å². The highest BCUT2D eigenvalue weighted by Crippen LogP contribution is 2.27. The summed E-state index contributed by atoms with van der Waals surface area (Å²) in [6, 6.07) is 0. The van der Waals surface area contributed by atoms with Crippen molar-refractivity contribution in [3.8, 4) is 0 Å². The van der Waals surface area contributed by atoms with Gasteiger partial charge in [-0.05, 0) is 7.05 Å². The first-order chi connectivity index (χ1) is 5.95. The number of aryl methyl sites for hydroxylation is 1. The van der Waals surface area contributed by atoms with Crippen LogP contribution in [0.5, 0.6) is 0 Å². The van der Waals surface area contributed by atoms with Gasteiger partial charge in [0.2, 0.25) is 5.82 Å². The SMILES string of the molecule is CNCc1cn(C)c(C(F)(F)F)n1. The van der Waals surface area contributed by atoms with Crippen LogP contribution in [0.3, 0.4) is 0 Å². The molecule has 0 radical (unpaired) electrons. The molecule has 0 saturated carbocycles. The largest absolute Gasteiger partial charge is 0.449 e. The summed E-state index contributed by atoms with van der Waals surface area (Å²) in [5.41, 5.74) is 0.386. The lowest BCUT2D eigenvalue weighted by atomic mass is 10.5. The van der Waals surface area contributed by atoms with E-state index in [-0.39, 0.29) is 0 Å². The van der Waals surface area contributed by atoms with E-state index < -0.39 is 12.0 Å². The molecule has 6 heteroatoms. The zero-order valence-corrected chi connectivity index (χ0v) is 7.31. The van der Waals surface area contributed by atoms with Gasteiger partial charge >= 0.3 is 6.18 Å². The quantitative estimate of drug-likeness (QED) is 0.763. The van der Waals surface area contributed by atoms with E-state index in [4.69, 9.17) is 0 Å². The number of hydrogen-bond acceptors (Lipinski definition) is 2. The van der Waals surface area contributed by atoms with Crippen molar-refractivity contribution < 1.29 is 13.2 Å². The van der Waals surface area contributed by atoms with Crippen molar-refractivity contribution in [3.63, 3.8) is 0 Å². The van der Waals surface area contributed by atoms with Crippen LogP contribution in [-0.2, 0) is 19.8 Å². The first kappa shape index (κ1) is 10.0. The Bertz CT molecular complexity index is 290. The lowest BCUT2D eigenvalue weighted by Gasteiger charge is -2.04. The maximum atomic E-state index is 12.2. The van der Waals surface area contributed by atoms with E-state index in [0.717, 1.165) is 4.57 Å². The van der Waals surface area contributed by atoms with E-state index in [9.17, 15) is 13.2 Å². The van der Waals surface area contributed by atoms with Gasteiger partial charge in [0.25, 0.3) is 0 Å². The predicted molar refractivity (Wildman–Crippen MR) is 41.0 cm³/mol. The van der Waals surface area contributed by atoms with Gasteiger partial charge in [-0.25, -0.2) is 4.98 Å². The van der Waals surface area contributed by atoms with E-state index in [2.05, 4.69) is 10.3 Å². The number of halogens is 3. The minimum atomic E-state index is -4.37. The molecule has 1 aromatic rings. The third kappa shape index (κ3) is 2.21. The molecule has 0 unspecified atom stereocenters. The standard InChI is InChI=1S/C7H10F3N3/c1-11-3-5-4-13(2)6(12-5)7(8,9)10/h4,11H,3H2,1-2H3. The summed E-state index contributed by atoms with van der Waals surface area (Å²) in [4.78, 5) is 3.45. The molecule has 0 aliphatic carbocycles. The number of imidazole rings is 1. The average Bonchev–Trinajstić information content (AvgIpc) is 2.30. The second kappa shape index (κ2) is 3.37. The smallest absolute Gasteiger partial charge is 0.330 e. The third-order valence-electron chi connectivity index (χ3n) is 1.54. The molecule has 1 aromatic heterocycles. The fraction of sp³-hybridized carbons (Fsp3) is 0.571. The minimum Gasteiger partial charge on any atom is -0.330 e. The van der Waals surface area contributed by atoms with Gasteiger partial charge in [0.05, 0.1) is 5.69 Å². The molecule has 13 heavy (non-hydrogen) atoms. The van der Waals surface area contributed by atoms with E-state index in [0.29, 0.717) is 12.2 Å². The molecule has 0 aromatic carbocycles. The topological polar surface area (TPSA) is 29.9 Å². The molecule has 1 rings (SSSR count). The van der Waals surface area contributed by atoms with Crippen molar-refractivity contribution in [1.29, 1.82) is 0 Å². The van der Waals surface area contributed by atoms with E-state index in [1.165, 1.54) is 13.2 Å². The second-order valence-electron chi connectivity index (χ2n) is 2.69. The monoisotopic (exact) mass is 193 g/mol. The highest BCUT2D eigenvalue weighted by molar-refractivity contribution is 5.06. The Hall–Kier alpha value is -1.04. The lowest BCUT2D eigenvalue weighted by Crippen LogP contribution is -2.12. The van der Waals surface area contributed by atoms with Crippen LogP contribution in [0.1, 0.15) is 11.5 Å². The van der Waals surface area contributed by atoms with Crippen LogP contribution in [0.25, 0.3) is 0 Å². The summed E-state index contributed by atoms with van der Waals surface area (Å²) in [6.45, 7) is 0.337. The lowest BCUT2D eigenvalue weighted by molar-refractivity contribution is -0.146. The molecule has 0 saturated heterocycles. The average molecular weight is 193 g/mol. The molecule has 1 N–H and O–H groups in total. The molecular weight excluding hydrogens is 183 g/mol. The highest BCUT2D eigenvalue weighted by atomic mass is 19.4. The normalized spacial score (nSPS) is 12.1. The van der Waals surface area contributed by atoms with Crippen LogP contribution >= 0.6 is 0 Å². The number of aromatic nitrogens is 2. The molecule has 74 valence electrons. The Morgan fingerprint density at radius 3 is 2.54 bits per heavy atom. The van der Waals surface area contributed by atoms with Crippen molar-refractivity contribution in [1.82, 2.24) is 14.9 Å². The Morgan fingerprint density at radius 1 is 1.54 bits per heavy atom. The summed E-state index contributed by atoms with van der Waals surface area (Å²) in [7, 11) is 2.98. The number of nitrogens with zero attached hydrogens (tertiary/aromatic N) is 2. The first-order valence-electron chi connectivity index (χ1n) is 3.69. The van der Waals surface area contributed by atoms with Gasteiger partial charge in [-0.15, -0.1) is 0 Å². The third-order valence-corrected chi connectivity index (χ3v) is 1.54. The number of alkyl halides is 3. The molecule has 0 fully saturated rings. The number of rotatable bonds is 2. The Balaban J connectivity index is 2.96. The van der Waals surface area contributed by atoms with E-state index in [1.807, 2.05) is 0 Å². The van der Waals surface area contributed by atoms with Crippen molar-refractivity contribution in [2.75, 3.05) is 7.05 Å². The van der Waals surface area contributed by atoms with Crippen LogP contribution in [-0.4, -0.2) is 16.6 Å². The van der Waals surface area contributed by atoms with Crippen LogP contribution in [0.15, 0.2) is 6.20 Å². The highest BCUT2D eigenvalue weighted by Gasteiger charge is 2.35.